The molecule has 148 valence electrons. The molecule has 0 fully saturated rings. The Balaban J connectivity index is 1.89. The molecule has 0 radical (unpaired) electrons. The zero-order chi connectivity index (χ0) is 20.4. The molecular formula is C21H22ClFN2O3. The van der Waals surface area contributed by atoms with E-state index in [4.69, 9.17) is 16.0 Å². The fourth-order valence-electron chi connectivity index (χ4n) is 3.42. The summed E-state index contributed by atoms with van der Waals surface area (Å²) in [6, 6.07) is 8.28. The van der Waals surface area contributed by atoms with Gasteiger partial charge in [0.25, 0.3) is 0 Å². The summed E-state index contributed by atoms with van der Waals surface area (Å²) in [7, 11) is 0. The molecule has 2 N–H and O–H groups in total. The second-order valence-electron chi connectivity index (χ2n) is 6.73. The van der Waals surface area contributed by atoms with E-state index in [1.54, 1.807) is 23.6 Å². The molecule has 3 aromatic rings. The highest BCUT2D eigenvalue weighted by atomic mass is 35.5. The Morgan fingerprint density at radius 1 is 1.14 bits per heavy atom. The van der Waals surface area contributed by atoms with Crippen LogP contribution in [0.3, 0.4) is 0 Å². The van der Waals surface area contributed by atoms with Gasteiger partial charge in [-0.15, -0.1) is 0 Å². The number of halogens is 2. The van der Waals surface area contributed by atoms with Gasteiger partial charge < -0.3 is 19.4 Å². The second kappa shape index (κ2) is 8.20. The number of hydrogen-bond donors (Lipinski definition) is 2. The van der Waals surface area contributed by atoms with Gasteiger partial charge in [0.05, 0.1) is 18.7 Å². The lowest BCUT2D eigenvalue weighted by molar-refractivity contribution is 0.0694. The number of carboxylic acids is 1. The number of hydrogen-bond acceptors (Lipinski definition) is 3. The van der Waals surface area contributed by atoms with Gasteiger partial charge in [0, 0.05) is 34.1 Å². The van der Waals surface area contributed by atoms with Crippen molar-refractivity contribution in [3.63, 3.8) is 0 Å². The van der Waals surface area contributed by atoms with Crippen LogP contribution in [-0.4, -0.2) is 15.6 Å². The largest absolute Gasteiger partial charge is 0.478 e. The Bertz CT molecular complexity index is 1000. The van der Waals surface area contributed by atoms with Crippen molar-refractivity contribution in [3.05, 3.63) is 80.8 Å². The van der Waals surface area contributed by atoms with Crippen molar-refractivity contribution in [2.24, 2.45) is 0 Å². The summed E-state index contributed by atoms with van der Waals surface area (Å²) in [5.41, 5.74) is 2.56. The zero-order valence-corrected chi connectivity index (χ0v) is 16.7. The molecule has 0 saturated carbocycles. The van der Waals surface area contributed by atoms with E-state index in [9.17, 15) is 14.3 Å². The first-order chi connectivity index (χ1) is 13.3. The molecule has 28 heavy (non-hydrogen) atoms. The number of carbonyl (C=O) groups is 1. The number of nitrogens with one attached hydrogen (secondary N) is 1. The monoisotopic (exact) mass is 404 g/mol. The van der Waals surface area contributed by atoms with Gasteiger partial charge in [-0.3, -0.25) is 0 Å². The molecule has 0 bridgehead atoms. The van der Waals surface area contributed by atoms with Crippen LogP contribution in [0.1, 0.15) is 44.4 Å². The number of aryl methyl sites for hydroxylation is 1. The minimum absolute atomic E-state index is 0.167. The van der Waals surface area contributed by atoms with Crippen molar-refractivity contribution in [1.29, 1.82) is 0 Å². The molecule has 2 aromatic heterocycles. The molecule has 0 aliphatic heterocycles. The van der Waals surface area contributed by atoms with Crippen LogP contribution >= 0.6 is 11.6 Å². The molecule has 0 aliphatic rings. The molecule has 2 heterocycles. The Kier molecular flexibility index (Phi) is 5.91. The topological polar surface area (TPSA) is 67.4 Å². The van der Waals surface area contributed by atoms with E-state index in [1.807, 2.05) is 26.0 Å². The second-order valence-corrected chi connectivity index (χ2v) is 7.14. The van der Waals surface area contributed by atoms with Crippen LogP contribution in [0.5, 0.6) is 0 Å². The highest BCUT2D eigenvalue weighted by Gasteiger charge is 2.23. The fraction of sp³-hybridized carbons (Fsp3) is 0.286. The SMILES string of the molecule is Cc1ccc(CNCc2c(C(=O)O)c(C)n(Cc3c(F)cccc3Cl)c2C)o1. The third-order valence-corrected chi connectivity index (χ3v) is 5.25. The third-order valence-electron chi connectivity index (χ3n) is 4.90. The molecular weight excluding hydrogens is 383 g/mol. The first-order valence-electron chi connectivity index (χ1n) is 8.90. The molecule has 0 saturated heterocycles. The maximum Gasteiger partial charge on any atom is 0.337 e. The van der Waals surface area contributed by atoms with Crippen LogP contribution in [0.15, 0.2) is 34.7 Å². The van der Waals surface area contributed by atoms with Crippen molar-refractivity contribution in [2.45, 2.75) is 40.4 Å². The van der Waals surface area contributed by atoms with Crippen molar-refractivity contribution < 1.29 is 18.7 Å². The first-order valence-corrected chi connectivity index (χ1v) is 9.28. The van der Waals surface area contributed by atoms with Gasteiger partial charge in [0.2, 0.25) is 0 Å². The normalized spacial score (nSPS) is 11.2. The van der Waals surface area contributed by atoms with E-state index < -0.39 is 11.8 Å². The minimum atomic E-state index is -1.01. The summed E-state index contributed by atoms with van der Waals surface area (Å²) < 4.78 is 21.5. The van der Waals surface area contributed by atoms with Crippen molar-refractivity contribution >= 4 is 17.6 Å². The Hall–Kier alpha value is -2.57. The van der Waals surface area contributed by atoms with E-state index in [-0.39, 0.29) is 12.1 Å². The van der Waals surface area contributed by atoms with Crippen LogP contribution in [0.25, 0.3) is 0 Å². The average Bonchev–Trinajstić information content (AvgIpc) is 3.14. The number of furan rings is 1. The lowest BCUT2D eigenvalue weighted by atomic mass is 10.1. The van der Waals surface area contributed by atoms with Crippen LogP contribution in [-0.2, 0) is 19.6 Å². The number of nitrogens with zero attached hydrogens (tertiary/aromatic N) is 1. The van der Waals surface area contributed by atoms with Gasteiger partial charge in [0.1, 0.15) is 17.3 Å². The van der Waals surface area contributed by atoms with Crippen LogP contribution < -0.4 is 5.32 Å². The van der Waals surface area contributed by atoms with Crippen LogP contribution in [0.4, 0.5) is 4.39 Å². The molecule has 5 nitrogen and oxygen atoms in total. The van der Waals surface area contributed by atoms with Gasteiger partial charge in [-0.05, 0) is 45.0 Å². The molecule has 0 atom stereocenters. The maximum absolute atomic E-state index is 14.2. The van der Waals surface area contributed by atoms with E-state index in [0.717, 1.165) is 17.2 Å². The third kappa shape index (κ3) is 3.98. The summed E-state index contributed by atoms with van der Waals surface area (Å²) in [6.45, 7) is 6.43. The summed E-state index contributed by atoms with van der Waals surface area (Å²) >= 11 is 6.15. The van der Waals surface area contributed by atoms with E-state index in [1.165, 1.54) is 6.07 Å². The first kappa shape index (κ1) is 20.2. The van der Waals surface area contributed by atoms with Crippen molar-refractivity contribution in [3.8, 4) is 0 Å². The molecule has 0 unspecified atom stereocenters. The molecule has 0 amide bonds. The Morgan fingerprint density at radius 2 is 1.89 bits per heavy atom. The fourth-order valence-corrected chi connectivity index (χ4v) is 3.64. The minimum Gasteiger partial charge on any atom is -0.478 e. The summed E-state index contributed by atoms with van der Waals surface area (Å²) in [4.78, 5) is 11.9. The smallest absolute Gasteiger partial charge is 0.337 e. The van der Waals surface area contributed by atoms with E-state index >= 15 is 0 Å². The van der Waals surface area contributed by atoms with Crippen LogP contribution in [0, 0.1) is 26.6 Å². The number of aromatic carboxylic acids is 1. The van der Waals surface area contributed by atoms with Gasteiger partial charge in [0.15, 0.2) is 0 Å². The predicted molar refractivity (Wildman–Crippen MR) is 105 cm³/mol. The van der Waals surface area contributed by atoms with Gasteiger partial charge in [-0.2, -0.15) is 0 Å². The quantitative estimate of drug-likeness (QED) is 0.591. The maximum atomic E-state index is 14.2. The van der Waals surface area contributed by atoms with Crippen molar-refractivity contribution in [2.75, 3.05) is 0 Å². The Morgan fingerprint density at radius 3 is 2.50 bits per heavy atom. The Labute approximate surface area is 167 Å². The van der Waals surface area contributed by atoms with Gasteiger partial charge >= 0.3 is 5.97 Å². The molecule has 0 aliphatic carbocycles. The molecule has 3 rings (SSSR count). The van der Waals surface area contributed by atoms with Gasteiger partial charge in [-0.25, -0.2) is 9.18 Å². The predicted octanol–water partition coefficient (Wildman–Crippen LogP) is 4.84. The molecule has 7 heteroatoms. The lowest BCUT2D eigenvalue weighted by Crippen LogP contribution is -2.15. The van der Waals surface area contributed by atoms with E-state index in [2.05, 4.69) is 5.32 Å². The number of aromatic nitrogens is 1. The lowest BCUT2D eigenvalue weighted by Gasteiger charge is -2.12. The molecule has 1 aromatic carbocycles. The summed E-state index contributed by atoms with van der Waals surface area (Å²) in [5.74, 6) is 0.179. The highest BCUT2D eigenvalue weighted by Crippen LogP contribution is 2.27. The van der Waals surface area contributed by atoms with Crippen LogP contribution in [0.2, 0.25) is 5.02 Å². The zero-order valence-electron chi connectivity index (χ0n) is 16.0. The molecule has 0 spiro atoms. The highest BCUT2D eigenvalue weighted by molar-refractivity contribution is 6.31. The van der Waals surface area contributed by atoms with Gasteiger partial charge in [-0.1, -0.05) is 17.7 Å². The number of carboxylic acid groups (broad SMARTS) is 1. The standard InChI is InChI=1S/C21H22ClFN2O3/c1-12-7-8-15(28-12)9-24-10-16-13(2)25(14(3)20(16)21(26)27)11-17-18(22)5-4-6-19(17)23/h4-8,24H,9-11H2,1-3H3,(H,26,27). The van der Waals surface area contributed by atoms with E-state index in [0.29, 0.717) is 34.9 Å². The summed E-state index contributed by atoms with van der Waals surface area (Å²) in [5, 5.41) is 13.3. The summed E-state index contributed by atoms with van der Waals surface area (Å²) in [6.07, 6.45) is 0. The number of benzene rings is 1. The van der Waals surface area contributed by atoms with Crippen molar-refractivity contribution in [1.82, 2.24) is 9.88 Å². The number of rotatable bonds is 7. The average molecular weight is 405 g/mol.